The lowest BCUT2D eigenvalue weighted by Crippen LogP contribution is -2.31. The fraction of sp³-hybridized carbons (Fsp3) is 0.217. The van der Waals surface area contributed by atoms with Gasteiger partial charge in [0.05, 0.1) is 6.42 Å². The van der Waals surface area contributed by atoms with E-state index in [1.807, 2.05) is 56.3 Å². The van der Waals surface area contributed by atoms with E-state index in [1.165, 1.54) is 0 Å². The van der Waals surface area contributed by atoms with Crippen molar-refractivity contribution in [1.82, 2.24) is 5.32 Å². The van der Waals surface area contributed by atoms with Crippen LogP contribution in [0.4, 0.5) is 5.69 Å². The van der Waals surface area contributed by atoms with E-state index in [-0.39, 0.29) is 24.3 Å². The zero-order chi connectivity index (χ0) is 19.2. The molecule has 2 amide bonds. The summed E-state index contributed by atoms with van der Waals surface area (Å²) in [5, 5.41) is 8.03. The Hall–Kier alpha value is -3.14. The molecule has 0 saturated heterocycles. The molecule has 0 bridgehead atoms. The molecule has 0 saturated carbocycles. The second-order valence-electron chi connectivity index (χ2n) is 6.73. The fourth-order valence-corrected chi connectivity index (χ4v) is 2.97. The largest absolute Gasteiger partial charge is 0.350 e. The lowest BCUT2D eigenvalue weighted by Gasteiger charge is -2.12. The number of hydrogen-bond acceptors (Lipinski definition) is 2. The second-order valence-corrected chi connectivity index (χ2v) is 6.73. The van der Waals surface area contributed by atoms with E-state index in [9.17, 15) is 9.59 Å². The molecule has 2 N–H and O–H groups in total. The highest BCUT2D eigenvalue weighted by Crippen LogP contribution is 2.19. The number of amides is 2. The molecule has 4 heteroatoms. The summed E-state index contributed by atoms with van der Waals surface area (Å²) in [6, 6.07) is 21.1. The predicted octanol–water partition coefficient (Wildman–Crippen LogP) is 4.55. The van der Waals surface area contributed by atoms with Gasteiger partial charge in [-0.3, -0.25) is 9.59 Å². The zero-order valence-corrected chi connectivity index (χ0v) is 15.7. The predicted molar refractivity (Wildman–Crippen MR) is 110 cm³/mol. The van der Waals surface area contributed by atoms with Gasteiger partial charge >= 0.3 is 0 Å². The SMILES string of the molecule is CCC(C)NC(=O)c1cccc(NC(=O)Cc2cccc3ccccc23)c1. The minimum Gasteiger partial charge on any atom is -0.350 e. The van der Waals surface area contributed by atoms with E-state index < -0.39 is 0 Å². The van der Waals surface area contributed by atoms with Gasteiger partial charge in [-0.25, -0.2) is 0 Å². The molecule has 1 atom stereocenters. The first-order valence-corrected chi connectivity index (χ1v) is 9.24. The highest BCUT2D eigenvalue weighted by atomic mass is 16.2. The van der Waals surface area contributed by atoms with Crippen LogP contribution in [0, 0.1) is 0 Å². The summed E-state index contributed by atoms with van der Waals surface area (Å²) in [5.74, 6) is -0.236. The Kier molecular flexibility index (Phi) is 5.87. The van der Waals surface area contributed by atoms with E-state index >= 15 is 0 Å². The molecule has 0 aliphatic heterocycles. The first-order valence-electron chi connectivity index (χ1n) is 9.24. The van der Waals surface area contributed by atoms with E-state index in [4.69, 9.17) is 0 Å². The van der Waals surface area contributed by atoms with Crippen LogP contribution in [-0.4, -0.2) is 17.9 Å². The summed E-state index contributed by atoms with van der Waals surface area (Å²) in [6.45, 7) is 3.99. The molecule has 0 aliphatic rings. The number of fused-ring (bicyclic) bond motifs is 1. The van der Waals surface area contributed by atoms with Gasteiger partial charge in [-0.2, -0.15) is 0 Å². The van der Waals surface area contributed by atoms with Gasteiger partial charge in [0, 0.05) is 17.3 Å². The van der Waals surface area contributed by atoms with Gasteiger partial charge in [0.2, 0.25) is 5.91 Å². The molecule has 0 fully saturated rings. The monoisotopic (exact) mass is 360 g/mol. The summed E-state index contributed by atoms with van der Waals surface area (Å²) in [7, 11) is 0. The van der Waals surface area contributed by atoms with E-state index in [2.05, 4.69) is 10.6 Å². The van der Waals surface area contributed by atoms with Gasteiger partial charge in [0.25, 0.3) is 5.91 Å². The first kappa shape index (κ1) is 18.6. The van der Waals surface area contributed by atoms with E-state index in [0.717, 1.165) is 22.8 Å². The molecule has 3 rings (SSSR count). The average molecular weight is 360 g/mol. The van der Waals surface area contributed by atoms with E-state index in [0.29, 0.717) is 11.3 Å². The number of nitrogens with one attached hydrogen (secondary N) is 2. The van der Waals surface area contributed by atoms with Crippen LogP contribution in [0.1, 0.15) is 36.2 Å². The van der Waals surface area contributed by atoms with Crippen LogP contribution >= 0.6 is 0 Å². The van der Waals surface area contributed by atoms with Gasteiger partial charge in [-0.05, 0) is 47.9 Å². The Bertz CT molecular complexity index is 960. The number of anilines is 1. The Morgan fingerprint density at radius 3 is 2.52 bits per heavy atom. The molecule has 0 aromatic heterocycles. The molecular formula is C23H24N2O2. The molecular weight excluding hydrogens is 336 g/mol. The minimum absolute atomic E-state index is 0.106. The molecule has 4 nitrogen and oxygen atoms in total. The number of benzene rings is 3. The Balaban J connectivity index is 1.71. The van der Waals surface area contributed by atoms with Gasteiger partial charge < -0.3 is 10.6 Å². The third kappa shape index (κ3) is 4.73. The van der Waals surface area contributed by atoms with Crippen molar-refractivity contribution in [3.05, 3.63) is 77.9 Å². The molecule has 3 aromatic carbocycles. The summed E-state index contributed by atoms with van der Waals surface area (Å²) in [4.78, 5) is 24.8. The Labute approximate surface area is 159 Å². The van der Waals surface area contributed by atoms with Crippen molar-refractivity contribution < 1.29 is 9.59 Å². The van der Waals surface area contributed by atoms with Crippen molar-refractivity contribution in [3.8, 4) is 0 Å². The molecule has 1 unspecified atom stereocenters. The number of hydrogen-bond donors (Lipinski definition) is 2. The zero-order valence-electron chi connectivity index (χ0n) is 15.7. The van der Waals surface area contributed by atoms with Crippen molar-refractivity contribution in [2.45, 2.75) is 32.7 Å². The summed E-state index contributed by atoms with van der Waals surface area (Å²) in [6.07, 6.45) is 1.15. The van der Waals surface area contributed by atoms with Crippen molar-refractivity contribution in [2.75, 3.05) is 5.32 Å². The van der Waals surface area contributed by atoms with E-state index in [1.54, 1.807) is 24.3 Å². The minimum atomic E-state index is -0.130. The van der Waals surface area contributed by atoms with Crippen molar-refractivity contribution in [2.24, 2.45) is 0 Å². The van der Waals surface area contributed by atoms with Gasteiger partial charge in [0.1, 0.15) is 0 Å². The summed E-state index contributed by atoms with van der Waals surface area (Å²) < 4.78 is 0. The van der Waals surface area contributed by atoms with Gasteiger partial charge in [-0.15, -0.1) is 0 Å². The van der Waals surface area contributed by atoms with Crippen LogP contribution in [0.3, 0.4) is 0 Å². The molecule has 3 aromatic rings. The van der Waals surface area contributed by atoms with Crippen molar-refractivity contribution in [1.29, 1.82) is 0 Å². The topological polar surface area (TPSA) is 58.2 Å². The number of carbonyl (C=O) groups is 2. The third-order valence-electron chi connectivity index (χ3n) is 4.63. The summed E-state index contributed by atoms with van der Waals surface area (Å²) in [5.41, 5.74) is 2.14. The maximum absolute atomic E-state index is 12.5. The van der Waals surface area contributed by atoms with Crippen LogP contribution < -0.4 is 10.6 Å². The standard InChI is InChI=1S/C23H24N2O2/c1-3-16(2)24-23(27)19-11-7-12-20(14-19)25-22(26)15-18-10-6-9-17-8-4-5-13-21(17)18/h4-14,16H,3,15H2,1-2H3,(H,24,27)(H,25,26). The highest BCUT2D eigenvalue weighted by Gasteiger charge is 2.11. The molecule has 0 spiro atoms. The first-order chi connectivity index (χ1) is 13.1. The van der Waals surface area contributed by atoms with Crippen LogP contribution in [-0.2, 0) is 11.2 Å². The second kappa shape index (κ2) is 8.49. The molecule has 138 valence electrons. The lowest BCUT2D eigenvalue weighted by molar-refractivity contribution is -0.115. The smallest absolute Gasteiger partial charge is 0.251 e. The third-order valence-corrected chi connectivity index (χ3v) is 4.63. The fourth-order valence-electron chi connectivity index (χ4n) is 2.97. The molecule has 27 heavy (non-hydrogen) atoms. The number of carbonyl (C=O) groups excluding carboxylic acids is 2. The normalized spacial score (nSPS) is 11.8. The lowest BCUT2D eigenvalue weighted by atomic mass is 10.0. The van der Waals surface area contributed by atoms with Crippen molar-refractivity contribution >= 4 is 28.3 Å². The quantitative estimate of drug-likeness (QED) is 0.677. The Morgan fingerprint density at radius 1 is 0.963 bits per heavy atom. The summed E-state index contributed by atoms with van der Waals surface area (Å²) >= 11 is 0. The molecule has 0 aliphatic carbocycles. The maximum atomic E-state index is 12.5. The van der Waals surface area contributed by atoms with Crippen LogP contribution in [0.5, 0.6) is 0 Å². The van der Waals surface area contributed by atoms with Gasteiger partial charge in [-0.1, -0.05) is 55.5 Å². The average Bonchev–Trinajstić information content (AvgIpc) is 2.68. The Morgan fingerprint density at radius 2 is 1.70 bits per heavy atom. The maximum Gasteiger partial charge on any atom is 0.251 e. The van der Waals surface area contributed by atoms with Gasteiger partial charge in [0.15, 0.2) is 0 Å². The van der Waals surface area contributed by atoms with Crippen LogP contribution in [0.15, 0.2) is 66.7 Å². The van der Waals surface area contributed by atoms with Crippen molar-refractivity contribution in [3.63, 3.8) is 0 Å². The van der Waals surface area contributed by atoms with Crippen LogP contribution in [0.25, 0.3) is 10.8 Å². The molecule has 0 radical (unpaired) electrons. The highest BCUT2D eigenvalue weighted by molar-refractivity contribution is 5.99. The van der Waals surface area contributed by atoms with Crippen LogP contribution in [0.2, 0.25) is 0 Å². The molecule has 0 heterocycles. The number of rotatable bonds is 6.